The van der Waals surface area contributed by atoms with E-state index in [1.807, 2.05) is 65.6 Å². The van der Waals surface area contributed by atoms with Crippen LogP contribution < -0.4 is 19.7 Å². The van der Waals surface area contributed by atoms with Crippen molar-refractivity contribution in [2.45, 2.75) is 57.5 Å². The summed E-state index contributed by atoms with van der Waals surface area (Å²) in [7, 11) is 3.33. The molecule has 0 aliphatic carbocycles. The number of nitrogens with one attached hydrogen (secondary N) is 1. The van der Waals surface area contributed by atoms with E-state index in [0.717, 1.165) is 46.8 Å². The van der Waals surface area contributed by atoms with E-state index in [-0.39, 0.29) is 5.91 Å². The Labute approximate surface area is 209 Å². The van der Waals surface area contributed by atoms with Crippen LogP contribution in [0.25, 0.3) is 0 Å². The quantitative estimate of drug-likeness (QED) is 0.291. The second kappa shape index (κ2) is 11.3. The summed E-state index contributed by atoms with van der Waals surface area (Å²) in [6.07, 6.45) is 6.38. The maximum Gasteiger partial charge on any atom is 0.257 e. The first-order valence-electron chi connectivity index (χ1n) is 12.6. The predicted octanol–water partition coefficient (Wildman–Crippen LogP) is 6.92. The number of fused-ring (bicyclic) bond motifs is 1. The Morgan fingerprint density at radius 1 is 0.829 bits per heavy atom. The van der Waals surface area contributed by atoms with E-state index in [2.05, 4.69) is 24.4 Å². The van der Waals surface area contributed by atoms with Crippen LogP contribution in [0.15, 0.2) is 72.8 Å². The van der Waals surface area contributed by atoms with Crippen LogP contribution in [0.5, 0.6) is 11.5 Å². The third kappa shape index (κ3) is 5.29. The molecule has 0 unspecified atom stereocenters. The number of hydrogen-bond donors (Lipinski definition) is 1. The standard InChI is InChI=1S/C30H36N2O3/c1-4-5-6-7-11-20-30(31-24-14-16-25(34-2)17-15-24)27-21-26(35-3)18-19-28(27)32(29(30)33)22-23-12-9-8-10-13-23/h8-10,12-19,21,31H,4-7,11,20,22H2,1-3H3/t30-/m0/s1. The van der Waals surface area contributed by atoms with E-state index < -0.39 is 5.54 Å². The van der Waals surface area contributed by atoms with Gasteiger partial charge in [0.2, 0.25) is 0 Å². The molecule has 0 saturated heterocycles. The molecule has 3 aromatic rings. The minimum Gasteiger partial charge on any atom is -0.497 e. The van der Waals surface area contributed by atoms with Crippen molar-refractivity contribution in [3.05, 3.63) is 83.9 Å². The zero-order valence-electron chi connectivity index (χ0n) is 21.0. The molecule has 0 aromatic heterocycles. The van der Waals surface area contributed by atoms with Gasteiger partial charge in [0.05, 0.1) is 26.5 Å². The Morgan fingerprint density at radius 2 is 1.51 bits per heavy atom. The van der Waals surface area contributed by atoms with Crippen molar-refractivity contribution in [1.82, 2.24) is 0 Å². The summed E-state index contributed by atoms with van der Waals surface area (Å²) in [6.45, 7) is 2.75. The fourth-order valence-electron chi connectivity index (χ4n) is 4.94. The van der Waals surface area contributed by atoms with Gasteiger partial charge in [-0.3, -0.25) is 4.79 Å². The molecule has 0 spiro atoms. The number of methoxy groups -OCH3 is 2. The molecule has 0 fully saturated rings. The minimum absolute atomic E-state index is 0.0796. The van der Waals surface area contributed by atoms with Gasteiger partial charge < -0.3 is 19.7 Å². The second-order valence-corrected chi connectivity index (χ2v) is 9.18. The molecule has 5 nitrogen and oxygen atoms in total. The van der Waals surface area contributed by atoms with Crippen LogP contribution in [-0.2, 0) is 16.9 Å². The van der Waals surface area contributed by atoms with Crippen LogP contribution in [0.2, 0.25) is 0 Å². The average molecular weight is 473 g/mol. The fraction of sp³-hybridized carbons (Fsp3) is 0.367. The van der Waals surface area contributed by atoms with Crippen LogP contribution in [0, 0.1) is 0 Å². The van der Waals surface area contributed by atoms with Crippen LogP contribution >= 0.6 is 0 Å². The van der Waals surface area contributed by atoms with Gasteiger partial charge in [0.15, 0.2) is 0 Å². The van der Waals surface area contributed by atoms with Gasteiger partial charge in [-0.25, -0.2) is 0 Å². The van der Waals surface area contributed by atoms with Crippen molar-refractivity contribution in [1.29, 1.82) is 0 Å². The number of carbonyl (C=O) groups is 1. The number of amides is 1. The number of hydrogen-bond acceptors (Lipinski definition) is 4. The third-order valence-electron chi connectivity index (χ3n) is 6.85. The molecule has 1 amide bonds. The van der Waals surface area contributed by atoms with Crippen LogP contribution in [-0.4, -0.2) is 20.1 Å². The van der Waals surface area contributed by atoms with Gasteiger partial charge in [-0.15, -0.1) is 0 Å². The van der Waals surface area contributed by atoms with Crippen molar-refractivity contribution in [3.63, 3.8) is 0 Å². The Hall–Kier alpha value is -3.47. The monoisotopic (exact) mass is 472 g/mol. The molecule has 1 aliphatic heterocycles. The van der Waals surface area contributed by atoms with Crippen LogP contribution in [0.4, 0.5) is 11.4 Å². The van der Waals surface area contributed by atoms with E-state index in [0.29, 0.717) is 13.0 Å². The molecule has 0 saturated carbocycles. The molecule has 5 heteroatoms. The number of carbonyl (C=O) groups excluding carboxylic acids is 1. The van der Waals surface area contributed by atoms with Gasteiger partial charge in [0, 0.05) is 11.3 Å². The molecular formula is C30H36N2O3. The van der Waals surface area contributed by atoms with Gasteiger partial charge >= 0.3 is 0 Å². The molecule has 0 radical (unpaired) electrons. The van der Waals surface area contributed by atoms with E-state index in [1.165, 1.54) is 19.3 Å². The number of anilines is 2. The fourth-order valence-corrected chi connectivity index (χ4v) is 4.94. The minimum atomic E-state index is -0.862. The normalized spacial score (nSPS) is 16.8. The van der Waals surface area contributed by atoms with E-state index in [4.69, 9.17) is 9.47 Å². The molecule has 1 atom stereocenters. The van der Waals surface area contributed by atoms with Crippen molar-refractivity contribution in [3.8, 4) is 11.5 Å². The van der Waals surface area contributed by atoms with E-state index in [9.17, 15) is 4.79 Å². The highest BCUT2D eigenvalue weighted by molar-refractivity contribution is 6.09. The first-order valence-corrected chi connectivity index (χ1v) is 12.6. The number of rotatable bonds is 12. The lowest BCUT2D eigenvalue weighted by atomic mass is 9.85. The smallest absolute Gasteiger partial charge is 0.257 e. The largest absolute Gasteiger partial charge is 0.497 e. The van der Waals surface area contributed by atoms with Crippen molar-refractivity contribution >= 4 is 17.3 Å². The summed E-state index contributed by atoms with van der Waals surface area (Å²) in [4.78, 5) is 16.3. The molecule has 1 aliphatic rings. The molecular weight excluding hydrogens is 436 g/mol. The van der Waals surface area contributed by atoms with Crippen molar-refractivity contribution < 1.29 is 14.3 Å². The van der Waals surface area contributed by atoms with Gasteiger partial charge in [-0.1, -0.05) is 69.4 Å². The molecule has 3 aromatic carbocycles. The molecule has 4 rings (SSSR count). The number of ether oxygens (including phenoxy) is 2. The third-order valence-corrected chi connectivity index (χ3v) is 6.85. The zero-order valence-corrected chi connectivity index (χ0v) is 21.0. The lowest BCUT2D eigenvalue weighted by Crippen LogP contribution is -2.46. The second-order valence-electron chi connectivity index (χ2n) is 9.18. The lowest BCUT2D eigenvalue weighted by molar-refractivity contribution is -0.122. The number of nitrogens with zero attached hydrogens (tertiary/aromatic N) is 1. The van der Waals surface area contributed by atoms with Crippen LogP contribution in [0.1, 0.15) is 56.6 Å². The summed E-state index contributed by atoms with van der Waals surface area (Å²) in [5.74, 6) is 1.62. The Balaban J connectivity index is 1.75. The Morgan fingerprint density at radius 3 is 2.20 bits per heavy atom. The molecule has 1 heterocycles. The predicted molar refractivity (Wildman–Crippen MR) is 142 cm³/mol. The molecule has 1 N–H and O–H groups in total. The summed E-state index contributed by atoms with van der Waals surface area (Å²) in [5.41, 5.74) is 3.05. The molecule has 35 heavy (non-hydrogen) atoms. The van der Waals surface area contributed by atoms with E-state index in [1.54, 1.807) is 14.2 Å². The maximum atomic E-state index is 14.3. The Kier molecular flexibility index (Phi) is 7.96. The zero-order chi connectivity index (χ0) is 24.7. The van der Waals surface area contributed by atoms with Gasteiger partial charge in [-0.05, 0) is 54.4 Å². The number of unbranched alkanes of at least 4 members (excludes halogenated alkanes) is 4. The first kappa shape index (κ1) is 24.6. The first-order chi connectivity index (χ1) is 17.1. The summed E-state index contributed by atoms with van der Waals surface area (Å²) < 4.78 is 10.9. The van der Waals surface area contributed by atoms with Crippen molar-refractivity contribution in [2.24, 2.45) is 0 Å². The topological polar surface area (TPSA) is 50.8 Å². The van der Waals surface area contributed by atoms with Crippen LogP contribution in [0.3, 0.4) is 0 Å². The van der Waals surface area contributed by atoms with Crippen molar-refractivity contribution in [2.75, 3.05) is 24.4 Å². The highest BCUT2D eigenvalue weighted by atomic mass is 16.5. The summed E-state index contributed by atoms with van der Waals surface area (Å²) >= 11 is 0. The van der Waals surface area contributed by atoms with Gasteiger partial charge in [-0.2, -0.15) is 0 Å². The number of benzene rings is 3. The average Bonchev–Trinajstić information content (AvgIpc) is 3.12. The lowest BCUT2D eigenvalue weighted by Gasteiger charge is -2.31. The molecule has 184 valence electrons. The molecule has 0 bridgehead atoms. The highest BCUT2D eigenvalue weighted by Gasteiger charge is 2.50. The van der Waals surface area contributed by atoms with Gasteiger partial charge in [0.1, 0.15) is 17.0 Å². The highest BCUT2D eigenvalue weighted by Crippen LogP contribution is 2.47. The van der Waals surface area contributed by atoms with E-state index >= 15 is 0 Å². The maximum absolute atomic E-state index is 14.3. The summed E-state index contributed by atoms with van der Waals surface area (Å²) in [6, 6.07) is 23.9. The summed E-state index contributed by atoms with van der Waals surface area (Å²) in [5, 5.41) is 3.67. The van der Waals surface area contributed by atoms with Gasteiger partial charge in [0.25, 0.3) is 5.91 Å². The SMILES string of the molecule is CCCCCCC[C@@]1(Nc2ccc(OC)cc2)C(=O)N(Cc2ccccc2)c2ccc(OC)cc21. The Bertz CT molecular complexity index is 1110.